The van der Waals surface area contributed by atoms with Crippen LogP contribution in [0.4, 0.5) is 45.5 Å². The Labute approximate surface area is 440 Å². The van der Waals surface area contributed by atoms with Crippen molar-refractivity contribution < 1.29 is 0 Å². The minimum Gasteiger partial charge on any atom is -0.334 e. The fraction of sp³-hybridized carbons (Fsp3) is 0.391. The van der Waals surface area contributed by atoms with E-state index in [1.54, 1.807) is 0 Å². The van der Waals surface area contributed by atoms with E-state index in [1.165, 1.54) is 90.3 Å². The molecule has 3 nitrogen and oxygen atoms in total. The lowest BCUT2D eigenvalue weighted by Gasteiger charge is -2.54. The molecule has 7 aromatic carbocycles. The van der Waals surface area contributed by atoms with Crippen molar-refractivity contribution in [3.8, 4) is 0 Å². The van der Waals surface area contributed by atoms with Crippen LogP contribution in [0.5, 0.6) is 0 Å². The van der Waals surface area contributed by atoms with E-state index < -0.39 is 0 Å². The number of benzene rings is 7. The molecule has 1 aliphatic carbocycles. The highest BCUT2D eigenvalue weighted by Crippen LogP contribution is 2.64. The summed E-state index contributed by atoms with van der Waals surface area (Å²) in [6.45, 7) is 38.9. The first-order chi connectivity index (χ1) is 34.2. The van der Waals surface area contributed by atoms with E-state index in [2.05, 4.69) is 277 Å². The number of para-hydroxylation sites is 2. The van der Waals surface area contributed by atoms with Crippen LogP contribution >= 0.6 is 0 Å². The normalized spacial score (nSPS) is 21.0. The van der Waals surface area contributed by atoms with E-state index in [4.69, 9.17) is 0 Å². The number of rotatable bonds is 5. The van der Waals surface area contributed by atoms with Crippen molar-refractivity contribution in [3.05, 3.63) is 185 Å². The second-order valence-corrected chi connectivity index (χ2v) is 27.6. The zero-order valence-corrected chi connectivity index (χ0v) is 47.1. The van der Waals surface area contributed by atoms with Gasteiger partial charge in [0.1, 0.15) is 0 Å². The summed E-state index contributed by atoms with van der Waals surface area (Å²) in [5.41, 5.74) is 22.3. The third kappa shape index (κ3) is 7.73. The third-order valence-corrected chi connectivity index (χ3v) is 18.6. The first-order valence-corrected chi connectivity index (χ1v) is 27.5. The fourth-order valence-electron chi connectivity index (χ4n) is 13.8. The number of nitrogens with zero attached hydrogens (tertiary/aromatic N) is 3. The fourth-order valence-corrected chi connectivity index (χ4v) is 13.8. The lowest BCUT2D eigenvalue weighted by molar-refractivity contribution is 0.0787. The third-order valence-electron chi connectivity index (χ3n) is 18.6. The number of anilines is 8. The highest BCUT2D eigenvalue weighted by molar-refractivity contribution is 6.99. The second-order valence-electron chi connectivity index (χ2n) is 27.6. The second kappa shape index (κ2) is 16.5. The standard InChI is InChI=1S/C69H80BN3/c1-63(2,3)45-27-31-51(32-28-45)72-60-43-59-55(68(15)44-47(65(7,8)9)37-38-69(68,16)73(59)52-33-29-46(30-34-52)64(4,5)6)42-58(60)70-57-36-35-53(71(49-23-19-17-20-24-49)50-25-21-18-22-26-50)41-54(57)67(13,14)56-39-48(66(10,11)12)40-61(72)62(56)70/h17-36,39-43,47H,37-38,44H2,1-16H3. The molecule has 0 N–H and O–H groups in total. The minimum atomic E-state index is -0.313. The van der Waals surface area contributed by atoms with Gasteiger partial charge in [0, 0.05) is 56.3 Å². The molecule has 1 saturated carbocycles. The Hall–Kier alpha value is -6.00. The van der Waals surface area contributed by atoms with Gasteiger partial charge in [-0.1, -0.05) is 188 Å². The zero-order valence-electron chi connectivity index (χ0n) is 47.1. The molecule has 0 bridgehead atoms. The van der Waals surface area contributed by atoms with Gasteiger partial charge in [0.15, 0.2) is 0 Å². The lowest BCUT2D eigenvalue weighted by Crippen LogP contribution is -2.64. The Bertz CT molecular complexity index is 3210. The van der Waals surface area contributed by atoms with Crippen LogP contribution in [0.1, 0.15) is 163 Å². The molecule has 3 heterocycles. The van der Waals surface area contributed by atoms with Crippen molar-refractivity contribution in [2.75, 3.05) is 14.7 Å². The first kappa shape index (κ1) is 49.2. The Balaban J connectivity index is 1.23. The van der Waals surface area contributed by atoms with Gasteiger partial charge < -0.3 is 14.7 Å². The van der Waals surface area contributed by atoms with Crippen LogP contribution in [0.15, 0.2) is 152 Å². The zero-order chi connectivity index (χ0) is 52.0. The molecule has 3 unspecified atom stereocenters. The van der Waals surface area contributed by atoms with E-state index in [-0.39, 0.29) is 44.7 Å². The summed E-state index contributed by atoms with van der Waals surface area (Å²) < 4.78 is 0. The average Bonchev–Trinajstić information content (AvgIpc) is 3.53. The summed E-state index contributed by atoms with van der Waals surface area (Å²) in [4.78, 5) is 7.93. The Morgan fingerprint density at radius 1 is 0.479 bits per heavy atom. The van der Waals surface area contributed by atoms with Crippen molar-refractivity contribution in [3.63, 3.8) is 0 Å². The molecule has 1 fully saturated rings. The van der Waals surface area contributed by atoms with Crippen LogP contribution in [-0.2, 0) is 27.1 Å². The molecule has 11 rings (SSSR count). The van der Waals surface area contributed by atoms with E-state index >= 15 is 0 Å². The quantitative estimate of drug-likeness (QED) is 0.159. The molecule has 4 heteroatoms. The van der Waals surface area contributed by atoms with Gasteiger partial charge >= 0.3 is 0 Å². The molecule has 4 aliphatic rings. The summed E-state index contributed by atoms with van der Waals surface area (Å²) in [7, 11) is 0. The van der Waals surface area contributed by atoms with Crippen molar-refractivity contribution in [2.24, 2.45) is 11.3 Å². The SMILES string of the molecule is CC(C)(C)c1ccc(N2c3cc4c(cc3B3c5ccc(N(c6ccccc6)c6ccccc6)cc5C(C)(C)c5cc(C(C)(C)C)cc2c53)C2(C)CC(C(C)(C)C)CCC2(C)N4c2ccc(C(C)(C)C)cc2)cc1. The Kier molecular flexibility index (Phi) is 11.1. The molecule has 7 aromatic rings. The summed E-state index contributed by atoms with van der Waals surface area (Å²) in [6, 6.07) is 59.1. The maximum Gasteiger partial charge on any atom is 0.247 e. The van der Waals surface area contributed by atoms with E-state index in [0.717, 1.165) is 24.2 Å². The molecule has 73 heavy (non-hydrogen) atoms. The van der Waals surface area contributed by atoms with Crippen LogP contribution in [0, 0.1) is 11.3 Å². The van der Waals surface area contributed by atoms with Gasteiger partial charge in [0.2, 0.25) is 6.71 Å². The van der Waals surface area contributed by atoms with Gasteiger partial charge in [-0.05, 0) is 171 Å². The van der Waals surface area contributed by atoms with Gasteiger partial charge in [-0.3, -0.25) is 0 Å². The van der Waals surface area contributed by atoms with Gasteiger partial charge in [-0.2, -0.15) is 0 Å². The maximum atomic E-state index is 2.81. The van der Waals surface area contributed by atoms with Crippen molar-refractivity contribution >= 4 is 68.6 Å². The molecule has 3 aliphatic heterocycles. The maximum absolute atomic E-state index is 2.81. The number of hydrogen-bond donors (Lipinski definition) is 0. The number of hydrogen-bond acceptors (Lipinski definition) is 3. The Morgan fingerprint density at radius 3 is 1.56 bits per heavy atom. The predicted octanol–water partition coefficient (Wildman–Crippen LogP) is 17.0. The first-order valence-electron chi connectivity index (χ1n) is 27.5. The minimum absolute atomic E-state index is 0.0281. The number of fused-ring (bicyclic) bond motifs is 7. The van der Waals surface area contributed by atoms with E-state index in [0.29, 0.717) is 5.92 Å². The molecule has 0 spiro atoms. The summed E-state index contributed by atoms with van der Waals surface area (Å²) >= 11 is 0. The molecule has 0 aromatic heterocycles. The molecule has 0 saturated heterocycles. The van der Waals surface area contributed by atoms with Gasteiger partial charge in [-0.25, -0.2) is 0 Å². The summed E-state index contributed by atoms with van der Waals surface area (Å²) in [5, 5.41) is 0. The monoisotopic (exact) mass is 962 g/mol. The summed E-state index contributed by atoms with van der Waals surface area (Å²) in [6.07, 6.45) is 3.50. The smallest absolute Gasteiger partial charge is 0.247 e. The van der Waals surface area contributed by atoms with Crippen LogP contribution in [-0.4, -0.2) is 12.3 Å². The molecule has 0 radical (unpaired) electrons. The topological polar surface area (TPSA) is 9.72 Å². The molecule has 374 valence electrons. The Morgan fingerprint density at radius 2 is 1.03 bits per heavy atom. The largest absolute Gasteiger partial charge is 0.334 e. The lowest BCUT2D eigenvalue weighted by atomic mass is 9.30. The average molecular weight is 962 g/mol. The van der Waals surface area contributed by atoms with E-state index in [9.17, 15) is 0 Å². The van der Waals surface area contributed by atoms with Crippen molar-refractivity contribution in [2.45, 2.75) is 163 Å². The van der Waals surface area contributed by atoms with E-state index in [1.807, 2.05) is 0 Å². The highest BCUT2D eigenvalue weighted by Gasteiger charge is 2.61. The van der Waals surface area contributed by atoms with Crippen LogP contribution < -0.4 is 31.1 Å². The van der Waals surface area contributed by atoms with Gasteiger partial charge in [0.25, 0.3) is 0 Å². The van der Waals surface area contributed by atoms with Crippen LogP contribution in [0.2, 0.25) is 0 Å². The molecular weight excluding hydrogens is 882 g/mol. The van der Waals surface area contributed by atoms with Crippen molar-refractivity contribution in [1.29, 1.82) is 0 Å². The van der Waals surface area contributed by atoms with Gasteiger partial charge in [0.05, 0.1) is 5.54 Å². The molecule has 3 atom stereocenters. The van der Waals surface area contributed by atoms with Crippen LogP contribution in [0.3, 0.4) is 0 Å². The van der Waals surface area contributed by atoms with Crippen molar-refractivity contribution in [1.82, 2.24) is 0 Å². The van der Waals surface area contributed by atoms with Gasteiger partial charge in [-0.15, -0.1) is 0 Å². The molecular formula is C69H80BN3. The van der Waals surface area contributed by atoms with Crippen LogP contribution in [0.25, 0.3) is 0 Å². The highest BCUT2D eigenvalue weighted by atomic mass is 15.3. The summed E-state index contributed by atoms with van der Waals surface area (Å²) in [5.74, 6) is 0.602. The predicted molar refractivity (Wildman–Crippen MR) is 316 cm³/mol. The molecule has 0 amide bonds.